The van der Waals surface area contributed by atoms with Crippen LogP contribution in [0.15, 0.2) is 73.1 Å². The van der Waals surface area contributed by atoms with Crippen LogP contribution in [-0.4, -0.2) is 9.55 Å². The number of aryl methyl sites for hydroxylation is 3. The third-order valence-corrected chi connectivity index (χ3v) is 8.33. The standard InChI is InChI=1S/C30H28N3S/c1-18(2)23-16-24-22-10-6-9-13-27(22)34-29(24)20(4)28(23)33-26-12-8-7-11-25(26)32(5)30(33)21-14-15-31-17-19(21)3/h6-18H,1-5H3/q+1. The van der Waals surface area contributed by atoms with Crippen LogP contribution in [0.1, 0.15) is 36.5 Å². The molecule has 0 bridgehead atoms. The molecule has 0 saturated carbocycles. The fourth-order valence-electron chi connectivity index (χ4n) is 5.34. The Bertz CT molecular complexity index is 1720. The van der Waals surface area contributed by atoms with E-state index in [1.165, 1.54) is 65.0 Å². The van der Waals surface area contributed by atoms with Crippen molar-refractivity contribution in [3.8, 4) is 17.1 Å². The lowest BCUT2D eigenvalue weighted by Gasteiger charge is -2.16. The number of fused-ring (bicyclic) bond motifs is 4. The Morgan fingerprint density at radius 2 is 1.71 bits per heavy atom. The first-order valence-corrected chi connectivity index (χ1v) is 12.6. The zero-order valence-electron chi connectivity index (χ0n) is 20.3. The lowest BCUT2D eigenvalue weighted by atomic mass is 9.94. The monoisotopic (exact) mass is 462 g/mol. The van der Waals surface area contributed by atoms with Gasteiger partial charge in [0.2, 0.25) is 0 Å². The van der Waals surface area contributed by atoms with Crippen LogP contribution >= 0.6 is 11.3 Å². The lowest BCUT2D eigenvalue weighted by Crippen LogP contribution is -2.30. The predicted octanol–water partition coefficient (Wildman–Crippen LogP) is 7.63. The van der Waals surface area contributed by atoms with Gasteiger partial charge in [-0.25, -0.2) is 4.57 Å². The molecule has 0 aliphatic carbocycles. The zero-order chi connectivity index (χ0) is 23.6. The summed E-state index contributed by atoms with van der Waals surface area (Å²) < 4.78 is 7.54. The van der Waals surface area contributed by atoms with E-state index in [4.69, 9.17) is 0 Å². The molecule has 0 amide bonds. The quantitative estimate of drug-likeness (QED) is 0.248. The molecule has 0 aliphatic rings. The van der Waals surface area contributed by atoms with Gasteiger partial charge in [-0.05, 0) is 55.7 Å². The summed E-state index contributed by atoms with van der Waals surface area (Å²) in [7, 11) is 2.18. The third kappa shape index (κ3) is 2.95. The van der Waals surface area contributed by atoms with Crippen molar-refractivity contribution in [3.05, 3.63) is 89.7 Å². The SMILES string of the molecule is Cc1cnccc1-c1n(-c2c(C(C)C)cc3c(sc4ccccc43)c2C)c2ccccc2[n+]1C. The van der Waals surface area contributed by atoms with Gasteiger partial charge in [-0.2, -0.15) is 4.57 Å². The summed E-state index contributed by atoms with van der Waals surface area (Å²) >= 11 is 1.90. The van der Waals surface area contributed by atoms with Gasteiger partial charge in [-0.1, -0.05) is 44.2 Å². The molecule has 0 fully saturated rings. The largest absolute Gasteiger partial charge is 0.295 e. The van der Waals surface area contributed by atoms with E-state index < -0.39 is 0 Å². The van der Waals surface area contributed by atoms with Crippen molar-refractivity contribution in [2.45, 2.75) is 33.6 Å². The lowest BCUT2D eigenvalue weighted by molar-refractivity contribution is -0.633. The summed E-state index contributed by atoms with van der Waals surface area (Å²) in [4.78, 5) is 4.37. The first-order chi connectivity index (χ1) is 16.5. The number of imidazole rings is 1. The number of aromatic nitrogens is 3. The van der Waals surface area contributed by atoms with Crippen LogP contribution in [0.2, 0.25) is 0 Å². The maximum Gasteiger partial charge on any atom is 0.295 e. The molecule has 4 heteroatoms. The highest BCUT2D eigenvalue weighted by Crippen LogP contribution is 2.43. The molecule has 0 unspecified atom stereocenters. The molecule has 0 aliphatic heterocycles. The molecule has 6 aromatic rings. The van der Waals surface area contributed by atoms with E-state index >= 15 is 0 Å². The smallest absolute Gasteiger partial charge is 0.264 e. The minimum absolute atomic E-state index is 0.384. The van der Waals surface area contributed by atoms with Crippen LogP contribution in [0.4, 0.5) is 0 Å². The van der Waals surface area contributed by atoms with Gasteiger partial charge in [0.15, 0.2) is 11.0 Å². The van der Waals surface area contributed by atoms with Crippen LogP contribution in [0.3, 0.4) is 0 Å². The minimum Gasteiger partial charge on any atom is -0.264 e. The van der Waals surface area contributed by atoms with E-state index in [0.29, 0.717) is 5.92 Å². The fraction of sp³-hybridized carbons (Fsp3) is 0.200. The zero-order valence-corrected chi connectivity index (χ0v) is 21.1. The summed E-state index contributed by atoms with van der Waals surface area (Å²) in [5.41, 5.74) is 8.85. The number of nitrogens with zero attached hydrogens (tertiary/aromatic N) is 3. The predicted molar refractivity (Wildman–Crippen MR) is 144 cm³/mol. The molecule has 3 nitrogen and oxygen atoms in total. The summed E-state index contributed by atoms with van der Waals surface area (Å²) in [6.45, 7) is 9.07. The van der Waals surface area contributed by atoms with Crippen LogP contribution < -0.4 is 4.57 Å². The minimum atomic E-state index is 0.384. The molecule has 3 heterocycles. The highest BCUT2D eigenvalue weighted by Gasteiger charge is 2.31. The average molecular weight is 463 g/mol. The topological polar surface area (TPSA) is 21.7 Å². The second-order valence-electron chi connectivity index (χ2n) is 9.47. The van der Waals surface area contributed by atoms with Gasteiger partial charge in [0.25, 0.3) is 5.82 Å². The molecular weight excluding hydrogens is 434 g/mol. The molecule has 0 spiro atoms. The Kier molecular flexibility index (Phi) is 4.82. The van der Waals surface area contributed by atoms with E-state index in [-0.39, 0.29) is 0 Å². The van der Waals surface area contributed by atoms with Gasteiger partial charge < -0.3 is 0 Å². The number of hydrogen-bond donors (Lipinski definition) is 0. The Morgan fingerprint density at radius 1 is 0.941 bits per heavy atom. The third-order valence-electron chi connectivity index (χ3n) is 7.02. The average Bonchev–Trinajstić information content (AvgIpc) is 3.35. The van der Waals surface area contributed by atoms with Crippen molar-refractivity contribution in [1.29, 1.82) is 0 Å². The Labute approximate surface area is 203 Å². The van der Waals surface area contributed by atoms with Gasteiger partial charge in [-0.15, -0.1) is 11.3 Å². The normalized spacial score (nSPS) is 11.9. The second kappa shape index (κ2) is 7.78. The summed E-state index contributed by atoms with van der Waals surface area (Å²) in [6, 6.07) is 22.1. The Balaban J connectivity index is 1.82. The highest BCUT2D eigenvalue weighted by atomic mass is 32.1. The number of rotatable bonds is 3. The van der Waals surface area contributed by atoms with Crippen LogP contribution in [-0.2, 0) is 7.05 Å². The molecule has 168 valence electrons. The summed E-state index contributed by atoms with van der Waals surface area (Å²) in [6.07, 6.45) is 3.86. The molecule has 0 radical (unpaired) electrons. The van der Waals surface area contributed by atoms with E-state index in [1.54, 1.807) is 0 Å². The Hall–Kier alpha value is -3.50. The van der Waals surface area contributed by atoms with Crippen LogP contribution in [0, 0.1) is 13.8 Å². The summed E-state index contributed by atoms with van der Waals surface area (Å²) in [5, 5.41) is 2.72. The maximum absolute atomic E-state index is 4.37. The van der Waals surface area contributed by atoms with Crippen molar-refractivity contribution >= 4 is 42.5 Å². The first kappa shape index (κ1) is 21.1. The van der Waals surface area contributed by atoms with Gasteiger partial charge in [0.05, 0.1) is 12.6 Å². The van der Waals surface area contributed by atoms with E-state index in [9.17, 15) is 0 Å². The molecule has 3 aromatic carbocycles. The van der Waals surface area contributed by atoms with Gasteiger partial charge in [-0.3, -0.25) is 4.98 Å². The molecule has 0 N–H and O–H groups in total. The number of pyridine rings is 1. The van der Waals surface area contributed by atoms with Gasteiger partial charge in [0, 0.05) is 43.7 Å². The molecule has 34 heavy (non-hydrogen) atoms. The highest BCUT2D eigenvalue weighted by molar-refractivity contribution is 7.26. The van der Waals surface area contributed by atoms with Gasteiger partial charge in [0.1, 0.15) is 5.69 Å². The van der Waals surface area contributed by atoms with E-state index in [1.807, 2.05) is 23.7 Å². The van der Waals surface area contributed by atoms with Crippen molar-refractivity contribution in [3.63, 3.8) is 0 Å². The van der Waals surface area contributed by atoms with Crippen molar-refractivity contribution < 1.29 is 4.57 Å². The molecule has 6 rings (SSSR count). The number of para-hydroxylation sites is 2. The van der Waals surface area contributed by atoms with Crippen LogP contribution in [0.5, 0.6) is 0 Å². The first-order valence-electron chi connectivity index (χ1n) is 11.8. The molecule has 0 saturated heterocycles. The van der Waals surface area contributed by atoms with Gasteiger partial charge >= 0.3 is 0 Å². The number of benzene rings is 3. The fourth-order valence-corrected chi connectivity index (χ4v) is 6.52. The molecular formula is C30H28N3S+. The molecule has 0 atom stereocenters. The molecule has 3 aromatic heterocycles. The second-order valence-corrected chi connectivity index (χ2v) is 10.5. The van der Waals surface area contributed by atoms with E-state index in [2.05, 4.69) is 110 Å². The van der Waals surface area contributed by atoms with Crippen molar-refractivity contribution in [1.82, 2.24) is 9.55 Å². The maximum atomic E-state index is 4.37. The van der Waals surface area contributed by atoms with Crippen molar-refractivity contribution in [2.24, 2.45) is 7.05 Å². The van der Waals surface area contributed by atoms with E-state index in [0.717, 1.165) is 0 Å². The van der Waals surface area contributed by atoms with Crippen LogP contribution in [0.25, 0.3) is 48.3 Å². The Morgan fingerprint density at radius 3 is 2.50 bits per heavy atom. The number of thiophene rings is 1. The number of hydrogen-bond acceptors (Lipinski definition) is 2. The summed E-state index contributed by atoms with van der Waals surface area (Å²) in [5.74, 6) is 1.57. The van der Waals surface area contributed by atoms with Crippen molar-refractivity contribution in [2.75, 3.05) is 0 Å².